The SMILES string of the molecule is C=C(C)/C=C(/C)C(=C)CNC=O.CCOc1cc(C(F)(F)F)nn1-c1ccccc1Cl. The molecule has 0 fully saturated rings. The van der Waals surface area contributed by atoms with Gasteiger partial charge in [-0.25, -0.2) is 0 Å². The van der Waals surface area contributed by atoms with Crippen LogP contribution in [-0.4, -0.2) is 29.3 Å². The molecule has 2 rings (SSSR count). The van der Waals surface area contributed by atoms with Crippen molar-refractivity contribution in [3.05, 3.63) is 77.0 Å². The molecule has 1 aromatic heterocycles. The van der Waals surface area contributed by atoms with E-state index in [1.54, 1.807) is 31.2 Å². The Labute approximate surface area is 184 Å². The molecule has 9 heteroatoms. The Morgan fingerprint density at radius 3 is 2.45 bits per heavy atom. The van der Waals surface area contributed by atoms with E-state index in [2.05, 4.69) is 23.6 Å². The number of hydrogen-bond acceptors (Lipinski definition) is 3. The Morgan fingerprint density at radius 1 is 1.29 bits per heavy atom. The largest absolute Gasteiger partial charge is 0.478 e. The van der Waals surface area contributed by atoms with Crippen LogP contribution in [0.1, 0.15) is 26.5 Å². The fourth-order valence-electron chi connectivity index (χ4n) is 2.33. The number of aromatic nitrogens is 2. The Kier molecular flexibility index (Phi) is 10.1. The molecule has 0 saturated carbocycles. The van der Waals surface area contributed by atoms with Crippen molar-refractivity contribution in [3.63, 3.8) is 0 Å². The van der Waals surface area contributed by atoms with Crippen molar-refractivity contribution in [2.75, 3.05) is 13.2 Å². The summed E-state index contributed by atoms with van der Waals surface area (Å²) in [5.41, 5.74) is 2.26. The van der Waals surface area contributed by atoms with Gasteiger partial charge in [-0.2, -0.15) is 23.0 Å². The number of amides is 1. The molecule has 168 valence electrons. The van der Waals surface area contributed by atoms with Crippen molar-refractivity contribution in [1.82, 2.24) is 15.1 Å². The summed E-state index contributed by atoms with van der Waals surface area (Å²) in [5.74, 6) is 0.00271. The van der Waals surface area contributed by atoms with Crippen LogP contribution < -0.4 is 10.1 Å². The number of para-hydroxylation sites is 1. The number of hydrogen-bond donors (Lipinski definition) is 1. The minimum absolute atomic E-state index is 0.00271. The van der Waals surface area contributed by atoms with Crippen LogP contribution in [0.25, 0.3) is 5.69 Å². The monoisotopic (exact) mass is 455 g/mol. The highest BCUT2D eigenvalue weighted by atomic mass is 35.5. The van der Waals surface area contributed by atoms with Gasteiger partial charge >= 0.3 is 6.18 Å². The predicted molar refractivity (Wildman–Crippen MR) is 117 cm³/mol. The molecule has 0 aliphatic rings. The van der Waals surface area contributed by atoms with Gasteiger partial charge in [-0.3, -0.25) is 4.79 Å². The summed E-state index contributed by atoms with van der Waals surface area (Å²) in [6, 6.07) is 7.33. The number of ether oxygens (including phenoxy) is 1. The second kappa shape index (κ2) is 12.0. The molecular weight excluding hydrogens is 431 g/mol. The molecule has 2 aromatic rings. The molecule has 0 aliphatic carbocycles. The van der Waals surface area contributed by atoms with Crippen LogP contribution in [-0.2, 0) is 11.0 Å². The van der Waals surface area contributed by atoms with Crippen LogP contribution in [0.15, 0.2) is 66.3 Å². The van der Waals surface area contributed by atoms with Crippen molar-refractivity contribution >= 4 is 18.0 Å². The number of halogens is 4. The predicted octanol–water partition coefficient (Wildman–Crippen LogP) is 5.75. The standard InChI is InChI=1S/C12H10ClF3N2O.C10H15NO/c1-2-19-11-7-10(12(14,15)16)17-18(11)9-6-4-3-5-8(9)13;1-8(2)5-9(3)10(4)6-11-7-12/h3-7H,2H2,1H3;5,7H,1,4,6H2,2-3H3,(H,11,12)/b;9-5-. The zero-order chi connectivity index (χ0) is 23.6. The summed E-state index contributed by atoms with van der Waals surface area (Å²) in [6.07, 6.45) is -1.92. The van der Waals surface area contributed by atoms with E-state index < -0.39 is 11.9 Å². The Morgan fingerprint density at radius 2 is 1.94 bits per heavy atom. The number of benzene rings is 1. The smallest absolute Gasteiger partial charge is 0.435 e. The maximum Gasteiger partial charge on any atom is 0.435 e. The van der Waals surface area contributed by atoms with E-state index in [1.165, 1.54) is 0 Å². The van der Waals surface area contributed by atoms with E-state index in [0.717, 1.165) is 27.5 Å². The Balaban J connectivity index is 0.000000348. The third-order valence-electron chi connectivity index (χ3n) is 3.76. The third-order valence-corrected chi connectivity index (χ3v) is 4.08. The molecule has 0 radical (unpaired) electrons. The maximum absolute atomic E-state index is 12.7. The van der Waals surface area contributed by atoms with Crippen molar-refractivity contribution in [3.8, 4) is 11.6 Å². The first-order chi connectivity index (χ1) is 14.5. The van der Waals surface area contributed by atoms with Crippen molar-refractivity contribution in [2.24, 2.45) is 0 Å². The molecule has 0 bridgehead atoms. The van der Waals surface area contributed by atoms with Crippen LogP contribution in [0.3, 0.4) is 0 Å². The van der Waals surface area contributed by atoms with Gasteiger partial charge in [0.1, 0.15) is 0 Å². The van der Waals surface area contributed by atoms with Crippen molar-refractivity contribution < 1.29 is 22.7 Å². The van der Waals surface area contributed by atoms with Gasteiger partial charge in [0.05, 0.1) is 17.3 Å². The van der Waals surface area contributed by atoms with E-state index in [0.29, 0.717) is 23.7 Å². The number of carbonyl (C=O) groups excluding carboxylic acids is 1. The number of alkyl halides is 3. The summed E-state index contributed by atoms with van der Waals surface area (Å²) >= 11 is 5.96. The second-order valence-electron chi connectivity index (χ2n) is 6.44. The lowest BCUT2D eigenvalue weighted by atomic mass is 10.1. The van der Waals surface area contributed by atoms with Gasteiger partial charge < -0.3 is 10.1 Å². The average molecular weight is 456 g/mol. The van der Waals surface area contributed by atoms with Gasteiger partial charge in [0.25, 0.3) is 0 Å². The zero-order valence-corrected chi connectivity index (χ0v) is 18.3. The average Bonchev–Trinajstić information content (AvgIpc) is 3.11. The molecule has 5 nitrogen and oxygen atoms in total. The minimum atomic E-state index is -4.53. The van der Waals surface area contributed by atoms with Gasteiger partial charge in [-0.05, 0) is 44.1 Å². The van der Waals surface area contributed by atoms with E-state index in [9.17, 15) is 18.0 Å². The molecule has 0 spiro atoms. The van der Waals surface area contributed by atoms with E-state index in [4.69, 9.17) is 16.3 Å². The molecule has 1 amide bonds. The fraction of sp³-hybridized carbons (Fsp3) is 0.273. The first-order valence-electron chi connectivity index (χ1n) is 9.25. The van der Waals surface area contributed by atoms with E-state index in [1.807, 2.05) is 19.9 Å². The summed E-state index contributed by atoms with van der Waals surface area (Å²) in [5, 5.41) is 6.36. The first-order valence-corrected chi connectivity index (χ1v) is 9.63. The van der Waals surface area contributed by atoms with Gasteiger partial charge in [0.15, 0.2) is 5.69 Å². The normalized spacial score (nSPS) is 11.3. The molecule has 1 heterocycles. The van der Waals surface area contributed by atoms with Crippen molar-refractivity contribution in [2.45, 2.75) is 26.9 Å². The number of rotatable bonds is 8. The molecule has 0 unspecified atom stereocenters. The van der Waals surface area contributed by atoms with E-state index >= 15 is 0 Å². The number of nitrogens with one attached hydrogen (secondary N) is 1. The highest BCUT2D eigenvalue weighted by Gasteiger charge is 2.35. The molecule has 1 N–H and O–H groups in total. The molecule has 0 aliphatic heterocycles. The highest BCUT2D eigenvalue weighted by Crippen LogP contribution is 2.33. The summed E-state index contributed by atoms with van der Waals surface area (Å²) in [6.45, 7) is 13.8. The first kappa shape index (κ1) is 26.0. The maximum atomic E-state index is 12.7. The molecule has 0 saturated heterocycles. The van der Waals surface area contributed by atoms with Crippen LogP contribution >= 0.6 is 11.6 Å². The number of allylic oxidation sites excluding steroid dienone is 2. The van der Waals surface area contributed by atoms with Gasteiger partial charge in [-0.15, -0.1) is 0 Å². The second-order valence-corrected chi connectivity index (χ2v) is 6.85. The number of carbonyl (C=O) groups is 1. The van der Waals surface area contributed by atoms with Crippen LogP contribution in [0.5, 0.6) is 5.88 Å². The molecule has 31 heavy (non-hydrogen) atoms. The van der Waals surface area contributed by atoms with Gasteiger partial charge in [-0.1, -0.05) is 48.5 Å². The third kappa shape index (κ3) is 8.33. The lowest BCUT2D eigenvalue weighted by Gasteiger charge is -2.08. The topological polar surface area (TPSA) is 56.1 Å². The Bertz CT molecular complexity index is 950. The lowest BCUT2D eigenvalue weighted by Crippen LogP contribution is -2.14. The van der Waals surface area contributed by atoms with Crippen LogP contribution in [0.4, 0.5) is 13.2 Å². The summed E-state index contributed by atoms with van der Waals surface area (Å²) in [7, 11) is 0. The molecule has 0 atom stereocenters. The molecule has 1 aromatic carbocycles. The summed E-state index contributed by atoms with van der Waals surface area (Å²) < 4.78 is 44.2. The lowest BCUT2D eigenvalue weighted by molar-refractivity contribution is -0.141. The fourth-order valence-corrected chi connectivity index (χ4v) is 2.54. The highest BCUT2D eigenvalue weighted by molar-refractivity contribution is 6.32. The quantitative estimate of drug-likeness (QED) is 0.407. The van der Waals surface area contributed by atoms with E-state index in [-0.39, 0.29) is 12.5 Å². The number of nitrogens with zero attached hydrogens (tertiary/aromatic N) is 2. The van der Waals surface area contributed by atoms with Crippen LogP contribution in [0.2, 0.25) is 5.02 Å². The van der Waals surface area contributed by atoms with Crippen LogP contribution in [0, 0.1) is 0 Å². The van der Waals surface area contributed by atoms with Crippen molar-refractivity contribution in [1.29, 1.82) is 0 Å². The van der Waals surface area contributed by atoms with Gasteiger partial charge in [0, 0.05) is 12.6 Å². The zero-order valence-electron chi connectivity index (χ0n) is 17.6. The minimum Gasteiger partial charge on any atom is -0.478 e. The summed E-state index contributed by atoms with van der Waals surface area (Å²) in [4.78, 5) is 9.96. The Hall–Kier alpha value is -3.00. The molecular formula is C22H25ClF3N3O2. The van der Waals surface area contributed by atoms with Gasteiger partial charge in [0.2, 0.25) is 12.3 Å².